The molecule has 0 saturated heterocycles. The minimum atomic E-state index is -0.324. The highest BCUT2D eigenvalue weighted by Crippen LogP contribution is 2.26. The van der Waals surface area contributed by atoms with Crippen molar-refractivity contribution in [2.75, 3.05) is 7.05 Å². The number of carbonyl (C=O) groups excluding carboxylic acids is 1. The van der Waals surface area contributed by atoms with Crippen molar-refractivity contribution in [3.63, 3.8) is 0 Å². The van der Waals surface area contributed by atoms with Gasteiger partial charge in [0.2, 0.25) is 5.91 Å². The van der Waals surface area contributed by atoms with E-state index in [4.69, 9.17) is 16.6 Å². The van der Waals surface area contributed by atoms with Crippen LogP contribution in [0.2, 0.25) is 5.02 Å². The summed E-state index contributed by atoms with van der Waals surface area (Å²) < 4.78 is 1.60. The standard InChI is InChI=1S/C25H30ClN3O2/c1-4-6-7-8-16-23(30)28(3)22(5-2)24-27-21-15-10-9-14-20(21)25(31)29(24)19-13-11-12-18(26)17-19/h9-15,17,22H,4-8,16H2,1-3H3. The highest BCUT2D eigenvalue weighted by Gasteiger charge is 2.26. The number of aromatic nitrogens is 2. The van der Waals surface area contributed by atoms with E-state index in [9.17, 15) is 9.59 Å². The van der Waals surface area contributed by atoms with E-state index < -0.39 is 0 Å². The average Bonchev–Trinajstić information content (AvgIpc) is 2.77. The lowest BCUT2D eigenvalue weighted by Crippen LogP contribution is -2.35. The molecule has 0 aliphatic carbocycles. The zero-order valence-corrected chi connectivity index (χ0v) is 19.2. The van der Waals surface area contributed by atoms with Crippen LogP contribution in [0, 0.1) is 0 Å². The summed E-state index contributed by atoms with van der Waals surface area (Å²) in [6.07, 6.45) is 5.34. The number of halogens is 1. The van der Waals surface area contributed by atoms with E-state index in [1.54, 1.807) is 34.7 Å². The van der Waals surface area contributed by atoms with Gasteiger partial charge < -0.3 is 4.90 Å². The zero-order valence-electron chi connectivity index (χ0n) is 18.5. The second-order valence-electron chi connectivity index (χ2n) is 7.85. The molecule has 0 aliphatic heterocycles. The van der Waals surface area contributed by atoms with Crippen molar-refractivity contribution >= 4 is 28.4 Å². The number of benzene rings is 2. The molecule has 3 aromatic rings. The first kappa shape index (κ1) is 23.0. The number of amides is 1. The van der Waals surface area contributed by atoms with Crippen LogP contribution in [0.5, 0.6) is 0 Å². The van der Waals surface area contributed by atoms with Gasteiger partial charge in [0.15, 0.2) is 0 Å². The molecule has 0 spiro atoms. The molecule has 0 bridgehead atoms. The third-order valence-corrected chi connectivity index (χ3v) is 5.89. The Morgan fingerprint density at radius 1 is 1.10 bits per heavy atom. The summed E-state index contributed by atoms with van der Waals surface area (Å²) in [6, 6.07) is 14.2. The second kappa shape index (κ2) is 10.6. The molecule has 31 heavy (non-hydrogen) atoms. The van der Waals surface area contributed by atoms with Gasteiger partial charge in [-0.1, -0.05) is 62.9 Å². The fourth-order valence-corrected chi connectivity index (χ4v) is 4.11. The predicted octanol–water partition coefficient (Wildman–Crippen LogP) is 5.92. The highest BCUT2D eigenvalue weighted by atomic mass is 35.5. The van der Waals surface area contributed by atoms with E-state index in [0.717, 1.165) is 25.7 Å². The van der Waals surface area contributed by atoms with E-state index in [1.165, 1.54) is 0 Å². The number of para-hydroxylation sites is 1. The lowest BCUT2D eigenvalue weighted by Gasteiger charge is -2.29. The van der Waals surface area contributed by atoms with Gasteiger partial charge in [-0.05, 0) is 43.2 Å². The molecule has 0 radical (unpaired) electrons. The van der Waals surface area contributed by atoms with Crippen molar-refractivity contribution in [1.29, 1.82) is 0 Å². The number of hydrogen-bond acceptors (Lipinski definition) is 3. The van der Waals surface area contributed by atoms with Gasteiger partial charge in [0.25, 0.3) is 5.56 Å². The summed E-state index contributed by atoms with van der Waals surface area (Å²) in [4.78, 5) is 33.0. The first-order valence-electron chi connectivity index (χ1n) is 11.0. The van der Waals surface area contributed by atoms with Crippen LogP contribution < -0.4 is 5.56 Å². The third-order valence-electron chi connectivity index (χ3n) is 5.66. The van der Waals surface area contributed by atoms with Gasteiger partial charge in [0.05, 0.1) is 22.6 Å². The molecular formula is C25H30ClN3O2. The Bertz CT molecular complexity index is 1110. The lowest BCUT2D eigenvalue weighted by molar-refractivity contribution is -0.132. The first-order chi connectivity index (χ1) is 15.0. The fraction of sp³-hybridized carbons (Fsp3) is 0.400. The maximum absolute atomic E-state index is 13.5. The summed E-state index contributed by atoms with van der Waals surface area (Å²) in [5.41, 5.74) is 1.11. The molecule has 6 heteroatoms. The first-order valence-corrected chi connectivity index (χ1v) is 11.4. The van der Waals surface area contributed by atoms with E-state index >= 15 is 0 Å². The van der Waals surface area contributed by atoms with Crippen molar-refractivity contribution in [3.05, 3.63) is 69.7 Å². The summed E-state index contributed by atoms with van der Waals surface area (Å²) in [5, 5.41) is 1.08. The SMILES string of the molecule is CCCCCCC(=O)N(C)C(CC)c1nc2ccccc2c(=O)n1-c1cccc(Cl)c1. The number of hydrogen-bond donors (Lipinski definition) is 0. The summed E-state index contributed by atoms with van der Waals surface area (Å²) in [5.74, 6) is 0.626. The molecule has 1 unspecified atom stereocenters. The maximum Gasteiger partial charge on any atom is 0.266 e. The molecule has 3 rings (SSSR count). The van der Waals surface area contributed by atoms with E-state index in [0.29, 0.717) is 40.3 Å². The molecular weight excluding hydrogens is 410 g/mol. The molecule has 1 aromatic heterocycles. The maximum atomic E-state index is 13.5. The Morgan fingerprint density at radius 2 is 1.87 bits per heavy atom. The van der Waals surface area contributed by atoms with Gasteiger partial charge in [-0.15, -0.1) is 0 Å². The smallest absolute Gasteiger partial charge is 0.266 e. The minimum absolute atomic E-state index is 0.0722. The van der Waals surface area contributed by atoms with E-state index in [-0.39, 0.29) is 17.5 Å². The van der Waals surface area contributed by atoms with E-state index in [1.807, 2.05) is 37.3 Å². The van der Waals surface area contributed by atoms with Crippen LogP contribution in [-0.4, -0.2) is 27.4 Å². The van der Waals surface area contributed by atoms with Gasteiger partial charge in [-0.2, -0.15) is 0 Å². The summed E-state index contributed by atoms with van der Waals surface area (Å²) in [7, 11) is 1.81. The monoisotopic (exact) mass is 439 g/mol. The minimum Gasteiger partial charge on any atom is -0.336 e. The van der Waals surface area contributed by atoms with Gasteiger partial charge in [0.1, 0.15) is 5.82 Å². The molecule has 164 valence electrons. The molecule has 0 aliphatic rings. The lowest BCUT2D eigenvalue weighted by atomic mass is 10.1. The number of carbonyl (C=O) groups is 1. The van der Waals surface area contributed by atoms with Crippen LogP contribution in [0.1, 0.15) is 64.2 Å². The van der Waals surface area contributed by atoms with Crippen molar-refractivity contribution in [2.24, 2.45) is 0 Å². The Hall–Kier alpha value is -2.66. The number of nitrogens with zero attached hydrogens (tertiary/aromatic N) is 3. The van der Waals surface area contributed by atoms with Gasteiger partial charge in [-0.3, -0.25) is 14.2 Å². The van der Waals surface area contributed by atoms with Crippen LogP contribution in [-0.2, 0) is 4.79 Å². The van der Waals surface area contributed by atoms with Crippen LogP contribution in [0.3, 0.4) is 0 Å². The zero-order chi connectivity index (χ0) is 22.4. The van der Waals surface area contributed by atoms with Crippen LogP contribution in [0.15, 0.2) is 53.3 Å². The van der Waals surface area contributed by atoms with E-state index in [2.05, 4.69) is 6.92 Å². The molecule has 1 atom stereocenters. The van der Waals surface area contributed by atoms with Crippen LogP contribution in [0.4, 0.5) is 0 Å². The van der Waals surface area contributed by atoms with Crippen molar-refractivity contribution in [2.45, 2.75) is 58.4 Å². The molecule has 1 amide bonds. The van der Waals surface area contributed by atoms with Crippen LogP contribution in [0.25, 0.3) is 16.6 Å². The average molecular weight is 440 g/mol. The van der Waals surface area contributed by atoms with Gasteiger partial charge in [0, 0.05) is 18.5 Å². The van der Waals surface area contributed by atoms with Crippen molar-refractivity contribution in [3.8, 4) is 5.69 Å². The molecule has 0 saturated carbocycles. The number of rotatable bonds is 9. The molecule has 2 aromatic carbocycles. The summed E-state index contributed by atoms with van der Waals surface area (Å²) >= 11 is 6.23. The largest absolute Gasteiger partial charge is 0.336 e. The number of fused-ring (bicyclic) bond motifs is 1. The Kier molecular flexibility index (Phi) is 7.85. The predicted molar refractivity (Wildman–Crippen MR) is 127 cm³/mol. The van der Waals surface area contributed by atoms with Gasteiger partial charge >= 0.3 is 0 Å². The fourth-order valence-electron chi connectivity index (χ4n) is 3.92. The van der Waals surface area contributed by atoms with Crippen molar-refractivity contribution < 1.29 is 4.79 Å². The topological polar surface area (TPSA) is 55.2 Å². The molecule has 0 N–H and O–H groups in total. The van der Waals surface area contributed by atoms with Crippen molar-refractivity contribution in [1.82, 2.24) is 14.5 Å². The second-order valence-corrected chi connectivity index (χ2v) is 8.28. The quantitative estimate of drug-likeness (QED) is 0.389. The third kappa shape index (κ3) is 5.16. The summed E-state index contributed by atoms with van der Waals surface area (Å²) in [6.45, 7) is 4.16. The Balaban J connectivity index is 2.09. The Labute approximate surface area is 188 Å². The highest BCUT2D eigenvalue weighted by molar-refractivity contribution is 6.30. The molecule has 1 heterocycles. The van der Waals surface area contributed by atoms with Gasteiger partial charge in [-0.25, -0.2) is 4.98 Å². The normalized spacial score (nSPS) is 12.1. The molecule has 5 nitrogen and oxygen atoms in total. The number of unbranched alkanes of at least 4 members (excludes halogenated alkanes) is 3. The Morgan fingerprint density at radius 3 is 2.58 bits per heavy atom. The van der Waals surface area contributed by atoms with Crippen LogP contribution >= 0.6 is 11.6 Å². The molecule has 0 fully saturated rings.